The maximum atomic E-state index is 11.9. The molecule has 0 aromatic carbocycles. The van der Waals surface area contributed by atoms with Gasteiger partial charge in [-0.05, 0) is 31.6 Å². The minimum absolute atomic E-state index is 0.0369. The zero-order valence-corrected chi connectivity index (χ0v) is 24.6. The third kappa shape index (κ3) is 26.0. The number of rotatable bonds is 28. The van der Waals surface area contributed by atoms with E-state index < -0.39 is 0 Å². The Balaban J connectivity index is 3.34. The molecule has 4 heteroatoms. The second-order valence-electron chi connectivity index (χ2n) is 10.8. The summed E-state index contributed by atoms with van der Waals surface area (Å²) in [4.78, 5) is 23.8. The highest BCUT2D eigenvalue weighted by Gasteiger charge is 2.10. The third-order valence-electron chi connectivity index (χ3n) is 7.30. The molecule has 1 unspecified atom stereocenters. The minimum Gasteiger partial charge on any atom is -0.466 e. The molecule has 0 fully saturated rings. The molecule has 0 rings (SSSR count). The van der Waals surface area contributed by atoms with Crippen LogP contribution in [0.4, 0.5) is 0 Å². The molecule has 0 amide bonds. The van der Waals surface area contributed by atoms with Gasteiger partial charge in [-0.1, -0.05) is 136 Å². The Bertz CT molecular complexity index is 477. The summed E-state index contributed by atoms with van der Waals surface area (Å²) in [5.41, 5.74) is 0. The van der Waals surface area contributed by atoms with Crippen LogP contribution in [0.25, 0.3) is 0 Å². The fourth-order valence-electron chi connectivity index (χ4n) is 4.63. The van der Waals surface area contributed by atoms with Gasteiger partial charge < -0.3 is 9.47 Å². The average Bonchev–Trinajstić information content (AvgIpc) is 2.88. The van der Waals surface area contributed by atoms with Gasteiger partial charge in [0.1, 0.15) is 0 Å². The van der Waals surface area contributed by atoms with Crippen molar-refractivity contribution in [2.75, 3.05) is 13.2 Å². The van der Waals surface area contributed by atoms with E-state index in [2.05, 4.69) is 20.8 Å². The molecule has 214 valence electrons. The summed E-state index contributed by atoms with van der Waals surface area (Å²) in [5.74, 6) is 0.441. The third-order valence-corrected chi connectivity index (χ3v) is 7.30. The molecule has 0 bridgehead atoms. The molecule has 0 spiro atoms. The van der Waals surface area contributed by atoms with Crippen molar-refractivity contribution in [3.05, 3.63) is 0 Å². The van der Waals surface area contributed by atoms with Crippen LogP contribution in [0.15, 0.2) is 0 Å². The Hall–Kier alpha value is -1.06. The average molecular weight is 511 g/mol. The molecular weight excluding hydrogens is 448 g/mol. The Morgan fingerprint density at radius 2 is 0.917 bits per heavy atom. The Kier molecular flexibility index (Phi) is 27.7. The lowest BCUT2D eigenvalue weighted by molar-refractivity contribution is -0.145. The first kappa shape index (κ1) is 34.9. The molecule has 0 aliphatic rings. The predicted octanol–water partition coefficient (Wildman–Crippen LogP) is 10.1. The van der Waals surface area contributed by atoms with Crippen molar-refractivity contribution < 1.29 is 19.1 Å². The molecule has 4 nitrogen and oxygen atoms in total. The lowest BCUT2D eigenvalue weighted by Crippen LogP contribution is -2.13. The summed E-state index contributed by atoms with van der Waals surface area (Å²) >= 11 is 0. The molecule has 0 aromatic heterocycles. The van der Waals surface area contributed by atoms with Gasteiger partial charge in [-0.2, -0.15) is 0 Å². The first-order chi connectivity index (χ1) is 17.6. The van der Waals surface area contributed by atoms with Gasteiger partial charge in [-0.25, -0.2) is 0 Å². The molecule has 0 aliphatic heterocycles. The van der Waals surface area contributed by atoms with Gasteiger partial charge in [0, 0.05) is 12.8 Å². The second-order valence-corrected chi connectivity index (χ2v) is 10.8. The first-order valence-electron chi connectivity index (χ1n) is 15.9. The number of carbonyl (C=O) groups is 2. The van der Waals surface area contributed by atoms with Crippen LogP contribution in [-0.4, -0.2) is 25.2 Å². The largest absolute Gasteiger partial charge is 0.466 e. The molecular formula is C32H62O4. The lowest BCUT2D eigenvalue weighted by atomic mass is 10.0. The highest BCUT2D eigenvalue weighted by molar-refractivity contribution is 5.69. The van der Waals surface area contributed by atoms with Crippen molar-refractivity contribution in [3.8, 4) is 0 Å². The van der Waals surface area contributed by atoms with Crippen molar-refractivity contribution in [2.24, 2.45) is 5.92 Å². The summed E-state index contributed by atoms with van der Waals surface area (Å²) < 4.78 is 10.8. The topological polar surface area (TPSA) is 52.6 Å². The van der Waals surface area contributed by atoms with E-state index in [0.29, 0.717) is 32.0 Å². The van der Waals surface area contributed by atoms with Gasteiger partial charge in [0.15, 0.2) is 0 Å². The number of ether oxygens (including phenoxy) is 2. The lowest BCUT2D eigenvalue weighted by Gasteiger charge is -2.14. The fraction of sp³-hybridized carbons (Fsp3) is 0.938. The van der Waals surface area contributed by atoms with E-state index in [1.54, 1.807) is 0 Å². The van der Waals surface area contributed by atoms with Crippen molar-refractivity contribution >= 4 is 11.9 Å². The molecule has 36 heavy (non-hydrogen) atoms. The number of hydrogen-bond donors (Lipinski definition) is 0. The van der Waals surface area contributed by atoms with Crippen LogP contribution in [-0.2, 0) is 19.1 Å². The number of carbonyl (C=O) groups excluding carboxylic acids is 2. The maximum Gasteiger partial charge on any atom is 0.305 e. The van der Waals surface area contributed by atoms with Crippen molar-refractivity contribution in [1.82, 2.24) is 0 Å². The molecule has 0 aliphatic carbocycles. The minimum atomic E-state index is -0.0409. The Labute approximate surface area is 225 Å². The molecule has 0 saturated carbocycles. The van der Waals surface area contributed by atoms with Crippen LogP contribution < -0.4 is 0 Å². The van der Waals surface area contributed by atoms with Crippen molar-refractivity contribution in [3.63, 3.8) is 0 Å². The SMILES string of the molecule is CCCCCCCCCCCCCCOC(=O)CCCCCCCCC(=O)OCC(CC)CCCC. The van der Waals surface area contributed by atoms with Crippen molar-refractivity contribution in [2.45, 2.75) is 175 Å². The molecule has 0 saturated heterocycles. The van der Waals surface area contributed by atoms with Crippen LogP contribution in [0.3, 0.4) is 0 Å². The Morgan fingerprint density at radius 1 is 0.500 bits per heavy atom. The van der Waals surface area contributed by atoms with Gasteiger partial charge in [-0.15, -0.1) is 0 Å². The van der Waals surface area contributed by atoms with E-state index in [4.69, 9.17) is 9.47 Å². The molecule has 0 N–H and O–H groups in total. The number of hydrogen-bond acceptors (Lipinski definition) is 4. The van der Waals surface area contributed by atoms with E-state index in [1.807, 2.05) is 0 Å². The van der Waals surface area contributed by atoms with Gasteiger partial charge in [0.05, 0.1) is 13.2 Å². The quantitative estimate of drug-likeness (QED) is 0.0776. The van der Waals surface area contributed by atoms with Crippen LogP contribution in [0, 0.1) is 5.92 Å². The summed E-state index contributed by atoms with van der Waals surface area (Å²) in [7, 11) is 0. The number of esters is 2. The molecule has 0 heterocycles. The Morgan fingerprint density at radius 3 is 1.39 bits per heavy atom. The highest BCUT2D eigenvalue weighted by atomic mass is 16.5. The first-order valence-corrected chi connectivity index (χ1v) is 15.9. The maximum absolute atomic E-state index is 11.9. The highest BCUT2D eigenvalue weighted by Crippen LogP contribution is 2.15. The van der Waals surface area contributed by atoms with E-state index >= 15 is 0 Å². The molecule has 0 radical (unpaired) electrons. The fourth-order valence-corrected chi connectivity index (χ4v) is 4.63. The zero-order chi connectivity index (χ0) is 26.5. The van der Waals surface area contributed by atoms with E-state index in [0.717, 1.165) is 57.8 Å². The van der Waals surface area contributed by atoms with Crippen LogP contribution >= 0.6 is 0 Å². The van der Waals surface area contributed by atoms with Gasteiger partial charge in [0.2, 0.25) is 0 Å². The van der Waals surface area contributed by atoms with Crippen molar-refractivity contribution in [1.29, 1.82) is 0 Å². The van der Waals surface area contributed by atoms with Gasteiger partial charge >= 0.3 is 11.9 Å². The summed E-state index contributed by atoms with van der Waals surface area (Å²) in [6.45, 7) is 7.82. The zero-order valence-electron chi connectivity index (χ0n) is 24.6. The summed E-state index contributed by atoms with van der Waals surface area (Å²) in [6, 6.07) is 0. The van der Waals surface area contributed by atoms with Gasteiger partial charge in [0.25, 0.3) is 0 Å². The van der Waals surface area contributed by atoms with Gasteiger partial charge in [-0.3, -0.25) is 9.59 Å². The second kappa shape index (κ2) is 28.5. The molecule has 0 aromatic rings. The summed E-state index contributed by atoms with van der Waals surface area (Å²) in [5, 5.41) is 0. The monoisotopic (exact) mass is 510 g/mol. The van der Waals surface area contributed by atoms with E-state index in [-0.39, 0.29) is 11.9 Å². The molecule has 1 atom stereocenters. The van der Waals surface area contributed by atoms with Crippen LogP contribution in [0.2, 0.25) is 0 Å². The predicted molar refractivity (Wildman–Crippen MR) is 153 cm³/mol. The van der Waals surface area contributed by atoms with E-state index in [1.165, 1.54) is 83.5 Å². The number of unbranched alkanes of at least 4 members (excludes halogenated alkanes) is 17. The van der Waals surface area contributed by atoms with Crippen LogP contribution in [0.1, 0.15) is 175 Å². The summed E-state index contributed by atoms with van der Waals surface area (Å²) in [6.07, 6.45) is 27.8. The standard InChI is InChI=1S/C32H62O4/c1-4-7-9-10-11-12-13-14-15-18-21-24-28-35-31(33)26-22-19-16-17-20-23-27-32(34)36-29-30(6-3)25-8-5-2/h30H,4-29H2,1-3H3. The normalized spacial score (nSPS) is 12.0. The van der Waals surface area contributed by atoms with E-state index in [9.17, 15) is 9.59 Å². The smallest absolute Gasteiger partial charge is 0.305 e. The van der Waals surface area contributed by atoms with Crippen LogP contribution in [0.5, 0.6) is 0 Å².